The van der Waals surface area contributed by atoms with Gasteiger partial charge in [0.25, 0.3) is 11.8 Å². The van der Waals surface area contributed by atoms with E-state index in [1.54, 1.807) is 46.5 Å². The lowest BCUT2D eigenvalue weighted by Crippen LogP contribution is -2.53. The lowest BCUT2D eigenvalue weighted by Gasteiger charge is -2.29. The van der Waals surface area contributed by atoms with Crippen molar-refractivity contribution in [3.05, 3.63) is 59.9 Å². The molecule has 4 rings (SSSR count). The van der Waals surface area contributed by atoms with Crippen LogP contribution in [0.25, 0.3) is 0 Å². The summed E-state index contributed by atoms with van der Waals surface area (Å²) in [7, 11) is 3.84. The first-order chi connectivity index (χ1) is 17.2. The van der Waals surface area contributed by atoms with E-state index in [9.17, 15) is 19.2 Å². The van der Waals surface area contributed by atoms with Crippen molar-refractivity contribution in [2.24, 2.45) is 5.92 Å². The van der Waals surface area contributed by atoms with Crippen LogP contribution in [0.15, 0.2) is 48.8 Å². The summed E-state index contributed by atoms with van der Waals surface area (Å²) < 4.78 is 0. The van der Waals surface area contributed by atoms with Gasteiger partial charge in [-0.1, -0.05) is 13.8 Å². The van der Waals surface area contributed by atoms with Gasteiger partial charge < -0.3 is 20.0 Å². The highest BCUT2D eigenvalue weighted by Crippen LogP contribution is 2.31. The number of ketones is 1. The fourth-order valence-corrected chi connectivity index (χ4v) is 5.04. The van der Waals surface area contributed by atoms with Gasteiger partial charge in [-0.2, -0.15) is 0 Å². The molecule has 190 valence electrons. The van der Waals surface area contributed by atoms with Crippen molar-refractivity contribution >= 4 is 29.2 Å². The number of nitrogens with zero attached hydrogens (tertiary/aromatic N) is 4. The van der Waals surface area contributed by atoms with E-state index in [1.165, 1.54) is 0 Å². The summed E-state index contributed by atoms with van der Waals surface area (Å²) in [6.45, 7) is 4.31. The average Bonchev–Trinajstić information content (AvgIpc) is 3.44. The van der Waals surface area contributed by atoms with Crippen LogP contribution in [0.5, 0.6) is 0 Å². The third kappa shape index (κ3) is 5.10. The normalized spacial score (nSPS) is 19.9. The minimum atomic E-state index is -0.762. The fraction of sp³-hybridized carbons (Fsp3) is 0.444. The first kappa shape index (κ1) is 25.3. The van der Waals surface area contributed by atoms with Crippen LogP contribution >= 0.6 is 0 Å². The summed E-state index contributed by atoms with van der Waals surface area (Å²) in [4.78, 5) is 61.7. The molecule has 9 nitrogen and oxygen atoms in total. The van der Waals surface area contributed by atoms with Gasteiger partial charge in [-0.25, -0.2) is 0 Å². The smallest absolute Gasteiger partial charge is 0.254 e. The van der Waals surface area contributed by atoms with Crippen molar-refractivity contribution in [2.45, 2.75) is 44.8 Å². The second kappa shape index (κ2) is 10.5. The molecule has 1 aromatic carbocycles. The van der Waals surface area contributed by atoms with Crippen LogP contribution in [0.3, 0.4) is 0 Å². The van der Waals surface area contributed by atoms with E-state index in [1.807, 2.05) is 45.0 Å². The van der Waals surface area contributed by atoms with E-state index in [0.717, 1.165) is 5.69 Å². The monoisotopic (exact) mass is 491 g/mol. The van der Waals surface area contributed by atoms with Crippen molar-refractivity contribution in [2.75, 3.05) is 32.1 Å². The number of hydrogen-bond acceptors (Lipinski definition) is 6. The third-order valence-electron chi connectivity index (χ3n) is 6.85. The zero-order chi connectivity index (χ0) is 26.0. The number of anilines is 1. The van der Waals surface area contributed by atoms with Crippen LogP contribution < -0.4 is 10.2 Å². The summed E-state index contributed by atoms with van der Waals surface area (Å²) in [5.41, 5.74) is 1.90. The maximum atomic E-state index is 13.7. The second-order valence-corrected chi connectivity index (χ2v) is 10.1. The van der Waals surface area contributed by atoms with Gasteiger partial charge in [0.05, 0.1) is 12.6 Å². The molecule has 2 fully saturated rings. The standard InChI is InChI=1S/C27H33N5O4/c1-17(2)15-21(29-25(34)18-5-7-20(8-6-18)30(3)4)27(36)31-14-11-22-24(31)23(33)16-32(22)26(35)19-9-12-28-13-10-19/h5-10,12-13,17,21-22,24H,11,14-16H2,1-4H3,(H,29,34)/t21?,22-,24+/m1/s1. The molecule has 1 aromatic heterocycles. The minimum absolute atomic E-state index is 0.0281. The molecule has 2 aliphatic rings. The molecule has 0 radical (unpaired) electrons. The van der Waals surface area contributed by atoms with Crippen molar-refractivity contribution in [1.29, 1.82) is 0 Å². The van der Waals surface area contributed by atoms with Gasteiger partial charge in [0.15, 0.2) is 5.78 Å². The Bertz CT molecular complexity index is 1130. The number of fused-ring (bicyclic) bond motifs is 1. The molecular formula is C27H33N5O4. The molecule has 3 heterocycles. The Morgan fingerprint density at radius 3 is 2.31 bits per heavy atom. The highest BCUT2D eigenvalue weighted by atomic mass is 16.2. The summed E-state index contributed by atoms with van der Waals surface area (Å²) in [5, 5.41) is 2.90. The van der Waals surface area contributed by atoms with E-state index in [2.05, 4.69) is 10.3 Å². The molecule has 1 unspecified atom stereocenters. The molecule has 3 amide bonds. The van der Waals surface area contributed by atoms with Gasteiger partial charge in [-0.15, -0.1) is 0 Å². The topological polar surface area (TPSA) is 103 Å². The number of rotatable bonds is 7. The number of Topliss-reactive ketones (excluding diaryl/α,β-unsaturated/α-hetero) is 1. The molecule has 9 heteroatoms. The number of carbonyl (C=O) groups is 4. The fourth-order valence-electron chi connectivity index (χ4n) is 5.04. The van der Waals surface area contributed by atoms with Crippen molar-refractivity contribution in [1.82, 2.24) is 20.1 Å². The Morgan fingerprint density at radius 1 is 1.03 bits per heavy atom. The van der Waals surface area contributed by atoms with Crippen LogP contribution in [0.2, 0.25) is 0 Å². The van der Waals surface area contributed by atoms with Crippen LogP contribution in [0.1, 0.15) is 47.4 Å². The minimum Gasteiger partial charge on any atom is -0.378 e. The summed E-state index contributed by atoms with van der Waals surface area (Å²) in [6.07, 6.45) is 4.05. The Morgan fingerprint density at radius 2 is 1.69 bits per heavy atom. The summed E-state index contributed by atoms with van der Waals surface area (Å²) in [5.74, 6) is -0.843. The molecule has 1 N–H and O–H groups in total. The number of carbonyl (C=O) groups excluding carboxylic acids is 4. The molecule has 36 heavy (non-hydrogen) atoms. The first-order valence-electron chi connectivity index (χ1n) is 12.3. The van der Waals surface area contributed by atoms with Gasteiger partial charge in [0.2, 0.25) is 5.91 Å². The molecule has 2 aliphatic heterocycles. The average molecular weight is 492 g/mol. The zero-order valence-electron chi connectivity index (χ0n) is 21.2. The predicted octanol–water partition coefficient (Wildman–Crippen LogP) is 1.99. The molecule has 0 aliphatic carbocycles. The first-order valence-corrected chi connectivity index (χ1v) is 12.3. The number of nitrogens with one attached hydrogen (secondary N) is 1. The number of hydrogen-bond donors (Lipinski definition) is 1. The molecule has 0 spiro atoms. The number of pyridine rings is 1. The van der Waals surface area contributed by atoms with Gasteiger partial charge in [-0.3, -0.25) is 24.2 Å². The Labute approximate surface area is 211 Å². The van der Waals surface area contributed by atoms with E-state index in [-0.39, 0.29) is 42.0 Å². The largest absolute Gasteiger partial charge is 0.378 e. The maximum absolute atomic E-state index is 13.7. The molecule has 0 bridgehead atoms. The van der Waals surface area contributed by atoms with Crippen LogP contribution in [0, 0.1) is 5.92 Å². The second-order valence-electron chi connectivity index (χ2n) is 10.1. The van der Waals surface area contributed by atoms with Gasteiger partial charge in [0.1, 0.15) is 12.1 Å². The van der Waals surface area contributed by atoms with Crippen molar-refractivity contribution < 1.29 is 19.2 Å². The highest BCUT2D eigenvalue weighted by Gasteiger charge is 2.52. The number of benzene rings is 1. The highest BCUT2D eigenvalue weighted by molar-refractivity contribution is 6.03. The number of likely N-dealkylation sites (tertiary alicyclic amines) is 2. The van der Waals surface area contributed by atoms with Crippen molar-refractivity contribution in [3.63, 3.8) is 0 Å². The van der Waals surface area contributed by atoms with Crippen molar-refractivity contribution in [3.8, 4) is 0 Å². The summed E-state index contributed by atoms with van der Waals surface area (Å²) >= 11 is 0. The third-order valence-corrected chi connectivity index (χ3v) is 6.85. The van der Waals surface area contributed by atoms with Gasteiger partial charge in [-0.05, 0) is 55.2 Å². The Kier molecular flexibility index (Phi) is 7.37. The van der Waals surface area contributed by atoms with Gasteiger partial charge >= 0.3 is 0 Å². The number of aromatic nitrogens is 1. The molecular weight excluding hydrogens is 458 g/mol. The number of amides is 3. The van der Waals surface area contributed by atoms with E-state index >= 15 is 0 Å². The van der Waals surface area contributed by atoms with E-state index in [0.29, 0.717) is 30.5 Å². The van der Waals surface area contributed by atoms with E-state index in [4.69, 9.17) is 0 Å². The maximum Gasteiger partial charge on any atom is 0.254 e. The van der Waals surface area contributed by atoms with E-state index < -0.39 is 12.1 Å². The van der Waals surface area contributed by atoms with Crippen LogP contribution in [0.4, 0.5) is 5.69 Å². The predicted molar refractivity (Wildman–Crippen MR) is 136 cm³/mol. The summed E-state index contributed by atoms with van der Waals surface area (Å²) in [6, 6.07) is 8.60. The van der Waals surface area contributed by atoms with Gasteiger partial charge in [0, 0.05) is 49.8 Å². The lowest BCUT2D eigenvalue weighted by atomic mass is 10.0. The Hall–Kier alpha value is -3.75. The quantitative estimate of drug-likeness (QED) is 0.636. The van der Waals surface area contributed by atoms with Crippen LogP contribution in [-0.2, 0) is 9.59 Å². The molecule has 0 saturated carbocycles. The SMILES string of the molecule is CC(C)CC(NC(=O)c1ccc(N(C)C)cc1)C(=O)N1CC[C@@H]2[C@H]1C(=O)CN2C(=O)c1ccncc1. The molecule has 2 aromatic rings. The molecule has 2 saturated heterocycles. The zero-order valence-corrected chi connectivity index (χ0v) is 21.2. The lowest BCUT2D eigenvalue weighted by molar-refractivity contribution is -0.138. The Balaban J connectivity index is 1.50. The molecule has 3 atom stereocenters. The van der Waals surface area contributed by atoms with Crippen LogP contribution in [-0.4, -0.2) is 83.6 Å².